The van der Waals surface area contributed by atoms with E-state index in [1.165, 1.54) is 23.3 Å². The molecule has 1 saturated heterocycles. The van der Waals surface area contributed by atoms with Crippen LogP contribution in [0.3, 0.4) is 0 Å². The lowest BCUT2D eigenvalue weighted by molar-refractivity contribution is -0.132. The summed E-state index contributed by atoms with van der Waals surface area (Å²) in [6, 6.07) is 13.6. The minimum absolute atomic E-state index is 0.0832. The summed E-state index contributed by atoms with van der Waals surface area (Å²) in [6.45, 7) is 8.75. The molecule has 1 fully saturated rings. The summed E-state index contributed by atoms with van der Waals surface area (Å²) in [4.78, 5) is 38.5. The molecule has 6 rings (SSSR count). The number of carbonyl (C=O) groups excluding carboxylic acids is 2. The van der Waals surface area contributed by atoms with E-state index in [9.17, 15) is 14.7 Å². The maximum Gasteiger partial charge on any atom is 0.301 e. The molecule has 0 bridgehead atoms. The zero-order chi connectivity index (χ0) is 31.8. The number of hydrogen-bond acceptors (Lipinski definition) is 9. The number of aliphatic hydroxyl groups excluding tert-OH is 1. The van der Waals surface area contributed by atoms with Crippen molar-refractivity contribution in [2.75, 3.05) is 25.2 Å². The van der Waals surface area contributed by atoms with Gasteiger partial charge in [-0.05, 0) is 74.7 Å². The van der Waals surface area contributed by atoms with Gasteiger partial charge in [-0.1, -0.05) is 36.8 Å². The van der Waals surface area contributed by atoms with Gasteiger partial charge in [0.25, 0.3) is 5.78 Å². The Kier molecular flexibility index (Phi) is 8.20. The van der Waals surface area contributed by atoms with E-state index in [-0.39, 0.29) is 17.0 Å². The molecule has 0 aliphatic carbocycles. The van der Waals surface area contributed by atoms with Crippen LogP contribution in [-0.2, 0) is 9.59 Å². The number of amides is 1. The average Bonchev–Trinajstić information content (AvgIpc) is 3.69. The Balaban J connectivity index is 1.55. The Labute approximate surface area is 264 Å². The number of carbonyl (C=O) groups is 2. The predicted octanol–water partition coefficient (Wildman–Crippen LogP) is 6.77. The molecule has 5 aromatic rings. The Bertz CT molecular complexity index is 1980. The van der Waals surface area contributed by atoms with Crippen LogP contribution in [0.15, 0.2) is 60.3 Å². The second-order valence-electron chi connectivity index (χ2n) is 10.8. The maximum absolute atomic E-state index is 13.9. The number of fused-ring (bicyclic) bond motifs is 2. The van der Waals surface area contributed by atoms with E-state index in [1.54, 1.807) is 18.2 Å². The minimum atomic E-state index is -1.01. The molecule has 0 spiro atoms. The molecule has 11 heteroatoms. The van der Waals surface area contributed by atoms with Crippen LogP contribution < -0.4 is 19.1 Å². The van der Waals surface area contributed by atoms with Crippen LogP contribution in [0, 0.1) is 13.8 Å². The molecule has 0 radical (unpaired) electrons. The van der Waals surface area contributed by atoms with Crippen molar-refractivity contribution in [3.8, 4) is 17.2 Å². The topological polar surface area (TPSA) is 115 Å². The lowest BCUT2D eigenvalue weighted by Gasteiger charge is -2.23. The van der Waals surface area contributed by atoms with Crippen LogP contribution in [-0.4, -0.2) is 51.5 Å². The third-order valence-corrected chi connectivity index (χ3v) is 8.89. The molecule has 0 saturated carbocycles. The van der Waals surface area contributed by atoms with Gasteiger partial charge in [0.1, 0.15) is 17.1 Å². The number of thiazole rings is 1. The number of anilines is 1. The molecule has 2 aromatic carbocycles. The van der Waals surface area contributed by atoms with Crippen molar-refractivity contribution < 1.29 is 28.9 Å². The second kappa shape index (κ2) is 12.2. The van der Waals surface area contributed by atoms with Gasteiger partial charge in [0, 0.05) is 6.20 Å². The highest BCUT2D eigenvalue weighted by Crippen LogP contribution is 2.46. The second-order valence-corrected chi connectivity index (χ2v) is 11.8. The summed E-state index contributed by atoms with van der Waals surface area (Å²) in [5, 5.41) is 12.2. The summed E-state index contributed by atoms with van der Waals surface area (Å²) in [5.41, 5.74) is 3.53. The number of aliphatic hydroxyl groups is 1. The van der Waals surface area contributed by atoms with Crippen molar-refractivity contribution in [3.05, 3.63) is 82.8 Å². The van der Waals surface area contributed by atoms with Crippen LogP contribution in [0.2, 0.25) is 0 Å². The van der Waals surface area contributed by atoms with E-state index >= 15 is 0 Å². The van der Waals surface area contributed by atoms with Crippen LogP contribution in [0.4, 0.5) is 5.13 Å². The number of rotatable bonds is 10. The monoisotopic (exact) mass is 626 g/mol. The highest BCUT2D eigenvalue weighted by molar-refractivity contribution is 7.22. The molecule has 1 atom stereocenters. The Hall–Kier alpha value is -4.90. The zero-order valence-corrected chi connectivity index (χ0v) is 26.6. The van der Waals surface area contributed by atoms with E-state index < -0.39 is 17.7 Å². The molecule has 1 amide bonds. The first kappa shape index (κ1) is 30.1. The largest absolute Gasteiger partial charge is 0.505 e. The van der Waals surface area contributed by atoms with Crippen molar-refractivity contribution in [3.63, 3.8) is 0 Å². The number of imidazole rings is 1. The van der Waals surface area contributed by atoms with E-state index in [0.717, 1.165) is 23.1 Å². The number of Topliss-reactive ketones (excluding diaryl/α,β-unsaturated/α-hetero) is 1. The number of pyridine rings is 1. The van der Waals surface area contributed by atoms with E-state index in [2.05, 4.69) is 6.92 Å². The summed E-state index contributed by atoms with van der Waals surface area (Å²) in [6.07, 6.45) is 3.70. The Morgan fingerprint density at radius 3 is 2.58 bits per heavy atom. The van der Waals surface area contributed by atoms with Crippen LogP contribution in [0.25, 0.3) is 21.6 Å². The maximum atomic E-state index is 13.9. The number of aromatic nitrogens is 3. The molecule has 4 heterocycles. The van der Waals surface area contributed by atoms with Crippen molar-refractivity contribution in [2.24, 2.45) is 0 Å². The summed E-state index contributed by atoms with van der Waals surface area (Å²) < 4.78 is 19.9. The van der Waals surface area contributed by atoms with Gasteiger partial charge in [-0.2, -0.15) is 0 Å². The van der Waals surface area contributed by atoms with Gasteiger partial charge in [-0.15, -0.1) is 0 Å². The standard InChI is InChI=1S/C34H34N4O6S/c1-6-8-16-44-24-14-11-21(17-25(24)42-5)29-27(30(39)28-20(4)37-15-9-10-19(3)32(37)36-28)31(40)33(41)38(29)34-35-23-13-12-22(43-7-2)18-26(23)45-34/h9-15,17-18,29,39H,6-8,16H2,1-5H3. The summed E-state index contributed by atoms with van der Waals surface area (Å²) >= 11 is 1.27. The van der Waals surface area contributed by atoms with Gasteiger partial charge in [0.2, 0.25) is 0 Å². The quantitative estimate of drug-likeness (QED) is 0.0782. The molecule has 1 N–H and O–H groups in total. The van der Waals surface area contributed by atoms with Crippen LogP contribution in [0.1, 0.15) is 55.2 Å². The first-order valence-corrected chi connectivity index (χ1v) is 15.7. The van der Waals surface area contributed by atoms with Gasteiger partial charge >= 0.3 is 5.91 Å². The van der Waals surface area contributed by atoms with E-state index in [4.69, 9.17) is 24.2 Å². The highest BCUT2D eigenvalue weighted by Gasteiger charge is 2.49. The molecule has 3 aromatic heterocycles. The van der Waals surface area contributed by atoms with Crippen LogP contribution in [0.5, 0.6) is 17.2 Å². The molecule has 1 aliphatic heterocycles. The van der Waals surface area contributed by atoms with Gasteiger partial charge in [-0.25, -0.2) is 9.97 Å². The summed E-state index contributed by atoms with van der Waals surface area (Å²) in [7, 11) is 1.54. The Morgan fingerprint density at radius 2 is 1.84 bits per heavy atom. The fourth-order valence-corrected chi connectivity index (χ4v) is 6.59. The normalized spacial score (nSPS) is 16.2. The number of hydrogen-bond donors (Lipinski definition) is 1. The van der Waals surface area contributed by atoms with Gasteiger partial charge < -0.3 is 23.7 Å². The lowest BCUT2D eigenvalue weighted by Crippen LogP contribution is -2.29. The molecule has 1 aliphatic rings. The number of aryl methyl sites for hydroxylation is 2. The molecule has 45 heavy (non-hydrogen) atoms. The number of ketones is 1. The van der Waals surface area contributed by atoms with Gasteiger partial charge in [0.05, 0.1) is 47.8 Å². The van der Waals surface area contributed by atoms with E-state index in [1.807, 2.05) is 61.7 Å². The van der Waals surface area contributed by atoms with Gasteiger partial charge in [-0.3, -0.25) is 14.5 Å². The smallest absolute Gasteiger partial charge is 0.301 e. The van der Waals surface area contributed by atoms with Crippen molar-refractivity contribution >= 4 is 49.8 Å². The fourth-order valence-electron chi connectivity index (χ4n) is 5.57. The lowest BCUT2D eigenvalue weighted by atomic mass is 9.96. The number of benzene rings is 2. The highest BCUT2D eigenvalue weighted by atomic mass is 32.1. The number of ether oxygens (including phenoxy) is 3. The third-order valence-electron chi connectivity index (χ3n) is 7.88. The SMILES string of the molecule is CCCCOc1ccc(C2C(=C(O)c3nc4c(C)cccn4c3C)C(=O)C(=O)N2c2nc3ccc(OCC)cc3s2)cc1OC. The Morgan fingerprint density at radius 1 is 1.02 bits per heavy atom. The van der Waals surface area contributed by atoms with Crippen molar-refractivity contribution in [1.29, 1.82) is 0 Å². The molecular weight excluding hydrogens is 592 g/mol. The summed E-state index contributed by atoms with van der Waals surface area (Å²) in [5.74, 6) is -0.322. The molecule has 232 valence electrons. The number of unbranched alkanes of at least 4 members (excludes halogenated alkanes) is 1. The predicted molar refractivity (Wildman–Crippen MR) is 174 cm³/mol. The van der Waals surface area contributed by atoms with Crippen LogP contribution >= 0.6 is 11.3 Å². The van der Waals surface area contributed by atoms with Gasteiger partial charge in [0.15, 0.2) is 22.4 Å². The third kappa shape index (κ3) is 5.27. The molecular formula is C34H34N4O6S. The van der Waals surface area contributed by atoms with Crippen molar-refractivity contribution in [2.45, 2.75) is 46.6 Å². The first-order valence-electron chi connectivity index (χ1n) is 14.9. The zero-order valence-electron chi connectivity index (χ0n) is 25.8. The fraction of sp³-hybridized carbons (Fsp3) is 0.294. The number of methoxy groups -OCH3 is 1. The first-order chi connectivity index (χ1) is 21.8. The minimum Gasteiger partial charge on any atom is -0.505 e. The number of nitrogens with zero attached hydrogens (tertiary/aromatic N) is 4. The average molecular weight is 627 g/mol. The van der Waals surface area contributed by atoms with Crippen molar-refractivity contribution in [1.82, 2.24) is 14.4 Å². The molecule has 10 nitrogen and oxygen atoms in total. The van der Waals surface area contributed by atoms with E-state index in [0.29, 0.717) is 58.0 Å². The molecule has 1 unspecified atom stereocenters.